The molecule has 1 fully saturated rings. The van der Waals surface area contributed by atoms with E-state index in [2.05, 4.69) is 15.4 Å². The van der Waals surface area contributed by atoms with Gasteiger partial charge in [0.15, 0.2) is 5.69 Å². The second kappa shape index (κ2) is 8.63. The SMILES string of the molecule is Cc1cc(C(=O)N2CCC[C@@H](N(C)C(=O)NCc3cc4cc(Cl)ccc4[nH]3)C2)nn1C. The van der Waals surface area contributed by atoms with E-state index in [1.807, 2.05) is 38.2 Å². The van der Waals surface area contributed by atoms with Gasteiger partial charge in [-0.25, -0.2) is 4.79 Å². The number of aromatic amines is 1. The number of urea groups is 1. The number of halogens is 1. The number of likely N-dealkylation sites (tertiary alicyclic amines) is 1. The van der Waals surface area contributed by atoms with Crippen LogP contribution in [0.15, 0.2) is 30.3 Å². The molecule has 8 nitrogen and oxygen atoms in total. The molecule has 164 valence electrons. The molecule has 9 heteroatoms. The van der Waals surface area contributed by atoms with Crippen molar-refractivity contribution in [2.24, 2.45) is 7.05 Å². The number of carbonyl (C=O) groups is 2. The molecule has 31 heavy (non-hydrogen) atoms. The number of rotatable bonds is 4. The highest BCUT2D eigenvalue weighted by Crippen LogP contribution is 2.21. The first-order chi connectivity index (χ1) is 14.8. The Morgan fingerprint density at radius 2 is 2.13 bits per heavy atom. The van der Waals surface area contributed by atoms with E-state index in [0.717, 1.165) is 35.1 Å². The number of fused-ring (bicyclic) bond motifs is 1. The maximum Gasteiger partial charge on any atom is 0.317 e. The van der Waals surface area contributed by atoms with Crippen molar-refractivity contribution in [1.29, 1.82) is 0 Å². The van der Waals surface area contributed by atoms with Gasteiger partial charge in [0.05, 0.1) is 12.6 Å². The molecule has 0 spiro atoms. The van der Waals surface area contributed by atoms with E-state index in [0.29, 0.717) is 30.4 Å². The monoisotopic (exact) mass is 442 g/mol. The number of nitrogens with zero attached hydrogens (tertiary/aromatic N) is 4. The molecule has 1 atom stereocenters. The lowest BCUT2D eigenvalue weighted by Gasteiger charge is -2.37. The number of benzene rings is 1. The molecule has 3 heterocycles. The molecule has 0 bridgehead atoms. The number of aryl methyl sites for hydroxylation is 2. The number of likely N-dealkylation sites (N-methyl/N-ethyl adjacent to an activating group) is 1. The Hall–Kier alpha value is -3.00. The number of carbonyl (C=O) groups excluding carboxylic acids is 2. The van der Waals surface area contributed by atoms with Crippen molar-refractivity contribution in [2.75, 3.05) is 20.1 Å². The summed E-state index contributed by atoms with van der Waals surface area (Å²) >= 11 is 6.04. The van der Waals surface area contributed by atoms with Gasteiger partial charge in [-0.3, -0.25) is 9.48 Å². The zero-order valence-corrected chi connectivity index (χ0v) is 18.7. The van der Waals surface area contributed by atoms with E-state index in [1.165, 1.54) is 0 Å². The standard InChI is InChI=1S/C22H27ClN6O2/c1-14-9-20(26-28(14)3)21(30)29-8-4-5-18(13-29)27(2)22(31)24-12-17-11-15-10-16(23)6-7-19(15)25-17/h6-7,9-11,18,25H,4-5,8,12-13H2,1-3H3,(H,24,31)/t18-/m1/s1. The van der Waals surface area contributed by atoms with Crippen LogP contribution in [0.25, 0.3) is 10.9 Å². The zero-order chi connectivity index (χ0) is 22.1. The van der Waals surface area contributed by atoms with Crippen molar-refractivity contribution in [1.82, 2.24) is 29.9 Å². The maximum absolute atomic E-state index is 12.8. The molecule has 3 amide bonds. The Labute approximate surface area is 186 Å². The predicted octanol–water partition coefficient (Wildman–Crippen LogP) is 3.31. The van der Waals surface area contributed by atoms with Gasteiger partial charge >= 0.3 is 6.03 Å². The van der Waals surface area contributed by atoms with Crippen LogP contribution in [0.1, 0.15) is 34.7 Å². The molecule has 2 N–H and O–H groups in total. The first kappa shape index (κ1) is 21.2. The summed E-state index contributed by atoms with van der Waals surface area (Å²) in [6, 6.07) is 9.23. The fraction of sp³-hybridized carbons (Fsp3) is 0.409. The number of hydrogen-bond donors (Lipinski definition) is 2. The van der Waals surface area contributed by atoms with Crippen molar-refractivity contribution in [2.45, 2.75) is 32.4 Å². The van der Waals surface area contributed by atoms with E-state index in [9.17, 15) is 9.59 Å². The molecular weight excluding hydrogens is 416 g/mol. The number of piperidine rings is 1. The summed E-state index contributed by atoms with van der Waals surface area (Å²) in [6.07, 6.45) is 1.71. The quantitative estimate of drug-likeness (QED) is 0.649. The highest BCUT2D eigenvalue weighted by molar-refractivity contribution is 6.31. The molecule has 0 saturated carbocycles. The molecule has 3 aromatic rings. The van der Waals surface area contributed by atoms with Crippen LogP contribution in [0.4, 0.5) is 4.79 Å². The summed E-state index contributed by atoms with van der Waals surface area (Å²) in [4.78, 5) is 32.4. The normalized spacial score (nSPS) is 16.5. The van der Waals surface area contributed by atoms with Crippen molar-refractivity contribution >= 4 is 34.4 Å². The topological polar surface area (TPSA) is 86.3 Å². The highest BCUT2D eigenvalue weighted by atomic mass is 35.5. The van der Waals surface area contributed by atoms with E-state index in [1.54, 1.807) is 27.6 Å². The average Bonchev–Trinajstić information content (AvgIpc) is 3.32. The van der Waals surface area contributed by atoms with E-state index in [-0.39, 0.29) is 18.0 Å². The van der Waals surface area contributed by atoms with E-state index in [4.69, 9.17) is 11.6 Å². The molecule has 1 aromatic carbocycles. The predicted molar refractivity (Wildman–Crippen MR) is 120 cm³/mol. The maximum atomic E-state index is 12.8. The van der Waals surface area contributed by atoms with Crippen molar-refractivity contribution < 1.29 is 9.59 Å². The third-order valence-electron chi connectivity index (χ3n) is 5.95. The van der Waals surface area contributed by atoms with Gasteiger partial charge in [0.1, 0.15) is 0 Å². The Bertz CT molecular complexity index is 1100. The van der Waals surface area contributed by atoms with Crippen LogP contribution in [0.5, 0.6) is 0 Å². The molecule has 1 aliphatic rings. The molecule has 0 unspecified atom stereocenters. The highest BCUT2D eigenvalue weighted by Gasteiger charge is 2.30. The summed E-state index contributed by atoms with van der Waals surface area (Å²) in [6.45, 7) is 3.49. The van der Waals surface area contributed by atoms with Crippen LogP contribution in [0, 0.1) is 6.92 Å². The van der Waals surface area contributed by atoms with Gasteiger partial charge in [0, 0.05) is 54.5 Å². The third-order valence-corrected chi connectivity index (χ3v) is 6.19. The fourth-order valence-corrected chi connectivity index (χ4v) is 4.18. The Balaban J connectivity index is 1.35. The first-order valence-electron chi connectivity index (χ1n) is 10.4. The summed E-state index contributed by atoms with van der Waals surface area (Å²) < 4.78 is 1.70. The largest absolute Gasteiger partial charge is 0.357 e. The Morgan fingerprint density at radius 3 is 2.87 bits per heavy atom. The number of hydrogen-bond acceptors (Lipinski definition) is 3. The van der Waals surface area contributed by atoms with Crippen LogP contribution in [-0.2, 0) is 13.6 Å². The lowest BCUT2D eigenvalue weighted by molar-refractivity contribution is 0.0630. The minimum atomic E-state index is -0.162. The molecule has 0 aliphatic carbocycles. The van der Waals surface area contributed by atoms with Gasteiger partial charge < -0.3 is 20.1 Å². The van der Waals surface area contributed by atoms with Crippen LogP contribution in [-0.4, -0.2) is 62.7 Å². The lowest BCUT2D eigenvalue weighted by Crippen LogP contribution is -2.52. The van der Waals surface area contributed by atoms with Crippen molar-refractivity contribution in [3.05, 3.63) is 52.4 Å². The van der Waals surface area contributed by atoms with Gasteiger partial charge in [-0.1, -0.05) is 11.6 Å². The minimum absolute atomic E-state index is 0.0379. The van der Waals surface area contributed by atoms with Gasteiger partial charge in [-0.2, -0.15) is 5.10 Å². The van der Waals surface area contributed by atoms with Gasteiger partial charge in [0.25, 0.3) is 5.91 Å². The lowest BCUT2D eigenvalue weighted by atomic mass is 10.0. The average molecular weight is 443 g/mol. The number of H-pyrrole nitrogens is 1. The van der Waals surface area contributed by atoms with Crippen molar-refractivity contribution in [3.8, 4) is 0 Å². The summed E-state index contributed by atoms with van der Waals surface area (Å²) in [5.41, 5.74) is 3.28. The van der Waals surface area contributed by atoms with Crippen LogP contribution >= 0.6 is 11.6 Å². The van der Waals surface area contributed by atoms with Crippen LogP contribution in [0.3, 0.4) is 0 Å². The summed E-state index contributed by atoms with van der Waals surface area (Å²) in [7, 11) is 3.61. The second-order valence-corrected chi connectivity index (χ2v) is 8.57. The molecule has 2 aromatic heterocycles. The number of amides is 3. The van der Waals surface area contributed by atoms with Crippen molar-refractivity contribution in [3.63, 3.8) is 0 Å². The Morgan fingerprint density at radius 1 is 1.32 bits per heavy atom. The number of nitrogens with one attached hydrogen (secondary N) is 2. The van der Waals surface area contributed by atoms with E-state index >= 15 is 0 Å². The molecule has 1 saturated heterocycles. The zero-order valence-electron chi connectivity index (χ0n) is 18.0. The smallest absolute Gasteiger partial charge is 0.317 e. The van der Waals surface area contributed by atoms with Gasteiger partial charge in [0.2, 0.25) is 0 Å². The Kier molecular flexibility index (Phi) is 5.91. The fourth-order valence-electron chi connectivity index (χ4n) is 4.00. The summed E-state index contributed by atoms with van der Waals surface area (Å²) in [5, 5.41) is 8.95. The summed E-state index contributed by atoms with van der Waals surface area (Å²) in [5.74, 6) is -0.0843. The second-order valence-electron chi connectivity index (χ2n) is 8.14. The van der Waals surface area contributed by atoms with Crippen LogP contribution < -0.4 is 5.32 Å². The van der Waals surface area contributed by atoms with Gasteiger partial charge in [-0.05, 0) is 50.1 Å². The molecule has 0 radical (unpaired) electrons. The minimum Gasteiger partial charge on any atom is -0.357 e. The first-order valence-corrected chi connectivity index (χ1v) is 10.8. The molecule has 1 aliphatic heterocycles. The van der Waals surface area contributed by atoms with E-state index < -0.39 is 0 Å². The molecular formula is C22H27ClN6O2. The number of aromatic nitrogens is 3. The van der Waals surface area contributed by atoms with Gasteiger partial charge in [-0.15, -0.1) is 0 Å². The van der Waals surface area contributed by atoms with Crippen LogP contribution in [0.2, 0.25) is 5.02 Å². The third kappa shape index (κ3) is 4.54. The molecule has 4 rings (SSSR count).